The van der Waals surface area contributed by atoms with Gasteiger partial charge in [0.2, 0.25) is 0 Å². The lowest BCUT2D eigenvalue weighted by Crippen LogP contribution is -2.48. The molecule has 7 heteroatoms. The van der Waals surface area contributed by atoms with Crippen LogP contribution in [-0.2, 0) is 6.42 Å². The molecule has 1 atom stereocenters. The average Bonchev–Trinajstić information content (AvgIpc) is 3.37. The lowest BCUT2D eigenvalue weighted by atomic mass is 9.96. The number of pyridine rings is 1. The molecule has 1 aliphatic heterocycles. The largest absolute Gasteiger partial charge is 0.355 e. The molecule has 6 nitrogen and oxygen atoms in total. The molecule has 0 bridgehead atoms. The molecule has 2 aromatic heterocycles. The van der Waals surface area contributed by atoms with Gasteiger partial charge >= 0.3 is 0 Å². The molecule has 3 heterocycles. The summed E-state index contributed by atoms with van der Waals surface area (Å²) in [5.41, 5.74) is 7.38. The van der Waals surface area contributed by atoms with Crippen LogP contribution in [0, 0.1) is 29.6 Å². The van der Waals surface area contributed by atoms with Crippen molar-refractivity contribution in [2.75, 3.05) is 31.1 Å². The summed E-state index contributed by atoms with van der Waals surface area (Å²) in [5, 5.41) is 20.4. The second-order valence-electron chi connectivity index (χ2n) is 10.2. The van der Waals surface area contributed by atoms with Gasteiger partial charge in [-0.25, -0.2) is 4.98 Å². The third-order valence-electron chi connectivity index (χ3n) is 7.99. The van der Waals surface area contributed by atoms with Crippen molar-refractivity contribution >= 4 is 34.1 Å². The molecule has 6 rings (SSSR count). The van der Waals surface area contributed by atoms with E-state index in [2.05, 4.69) is 68.8 Å². The summed E-state index contributed by atoms with van der Waals surface area (Å²) in [4.78, 5) is 9.79. The Morgan fingerprint density at radius 1 is 0.900 bits per heavy atom. The van der Waals surface area contributed by atoms with E-state index in [0.29, 0.717) is 24.1 Å². The highest BCUT2D eigenvalue weighted by Gasteiger charge is 2.31. The lowest BCUT2D eigenvalue weighted by molar-refractivity contribution is 0.212. The normalized spacial score (nSPS) is 14.8. The Morgan fingerprint density at radius 3 is 2.33 bits per heavy atom. The minimum Gasteiger partial charge on any atom is -0.355 e. The molecule has 0 aliphatic carbocycles. The van der Waals surface area contributed by atoms with Crippen molar-refractivity contribution in [3.63, 3.8) is 0 Å². The van der Waals surface area contributed by atoms with Gasteiger partial charge in [0.1, 0.15) is 11.9 Å². The number of piperazine rings is 1. The molecule has 1 fully saturated rings. The first kappa shape index (κ1) is 25.9. The van der Waals surface area contributed by atoms with Crippen LogP contribution in [-0.4, -0.2) is 40.5 Å². The Bertz CT molecular complexity index is 1770. The summed E-state index contributed by atoms with van der Waals surface area (Å²) in [7, 11) is 0. The Balaban J connectivity index is 1.43. The number of rotatable bonds is 6. The maximum Gasteiger partial charge on any atom is 0.157 e. The number of nitriles is 2. The maximum absolute atomic E-state index is 10.1. The van der Waals surface area contributed by atoms with Crippen LogP contribution >= 0.6 is 11.6 Å². The molecule has 0 spiro atoms. The minimum absolute atomic E-state index is 0.0481. The molecule has 1 saturated heterocycles. The molecule has 198 valence electrons. The average molecular weight is 545 g/mol. The molecule has 0 amide bonds. The molecular weight excluding hydrogens is 516 g/mol. The summed E-state index contributed by atoms with van der Waals surface area (Å²) in [6.07, 6.45) is 0.973. The van der Waals surface area contributed by atoms with Crippen LogP contribution in [0.4, 0.5) is 5.82 Å². The number of anilines is 1. The van der Waals surface area contributed by atoms with E-state index in [9.17, 15) is 10.5 Å². The van der Waals surface area contributed by atoms with Gasteiger partial charge in [0, 0.05) is 37.6 Å². The number of halogens is 1. The molecule has 1 aliphatic rings. The third kappa shape index (κ3) is 4.46. The second kappa shape index (κ2) is 11.0. The highest BCUT2D eigenvalue weighted by atomic mass is 35.5. The Hall–Kier alpha value is -4.36. The Kier molecular flexibility index (Phi) is 7.13. The lowest BCUT2D eigenvalue weighted by Gasteiger charge is -2.41. The zero-order valence-corrected chi connectivity index (χ0v) is 23.1. The van der Waals surface area contributed by atoms with Crippen molar-refractivity contribution in [3.05, 3.63) is 112 Å². The highest BCUT2D eigenvalue weighted by molar-refractivity contribution is 6.31. The molecule has 40 heavy (non-hydrogen) atoms. The molecular formula is C33H29ClN6. The van der Waals surface area contributed by atoms with Crippen LogP contribution < -0.4 is 4.90 Å². The van der Waals surface area contributed by atoms with Gasteiger partial charge in [0.15, 0.2) is 5.65 Å². The number of aromatic nitrogens is 2. The zero-order valence-electron chi connectivity index (χ0n) is 22.4. The van der Waals surface area contributed by atoms with E-state index in [1.807, 2.05) is 43.3 Å². The van der Waals surface area contributed by atoms with E-state index in [1.54, 1.807) is 0 Å². The molecule has 0 radical (unpaired) electrons. The summed E-state index contributed by atoms with van der Waals surface area (Å²) < 4.78 is 2.14. The van der Waals surface area contributed by atoms with Crippen molar-refractivity contribution in [3.8, 4) is 12.1 Å². The first-order valence-corrected chi connectivity index (χ1v) is 14.0. The van der Waals surface area contributed by atoms with E-state index in [0.717, 1.165) is 64.7 Å². The summed E-state index contributed by atoms with van der Waals surface area (Å²) in [6.45, 7) is 5.24. The predicted molar refractivity (Wildman–Crippen MR) is 160 cm³/mol. The van der Waals surface area contributed by atoms with Gasteiger partial charge < -0.3 is 4.90 Å². The third-order valence-corrected chi connectivity index (χ3v) is 8.33. The van der Waals surface area contributed by atoms with Gasteiger partial charge in [0.25, 0.3) is 0 Å². The first-order valence-electron chi connectivity index (χ1n) is 13.6. The van der Waals surface area contributed by atoms with Gasteiger partial charge in [-0.05, 0) is 53.8 Å². The van der Waals surface area contributed by atoms with Crippen molar-refractivity contribution < 1.29 is 0 Å². The van der Waals surface area contributed by atoms with Gasteiger partial charge in [0.05, 0.1) is 28.7 Å². The predicted octanol–water partition coefficient (Wildman–Crippen LogP) is 6.69. The Morgan fingerprint density at radius 2 is 1.60 bits per heavy atom. The van der Waals surface area contributed by atoms with E-state index < -0.39 is 0 Å². The molecule has 0 unspecified atom stereocenters. The van der Waals surface area contributed by atoms with Gasteiger partial charge in [-0.3, -0.25) is 9.30 Å². The Labute approximate surface area is 239 Å². The second-order valence-corrected chi connectivity index (χ2v) is 10.6. The highest BCUT2D eigenvalue weighted by Crippen LogP contribution is 2.37. The topological polar surface area (TPSA) is 71.4 Å². The number of fused-ring (bicyclic) bond motifs is 3. The van der Waals surface area contributed by atoms with Crippen LogP contribution in [0.3, 0.4) is 0 Å². The van der Waals surface area contributed by atoms with Crippen molar-refractivity contribution in [1.82, 2.24) is 14.3 Å². The first-order chi connectivity index (χ1) is 19.6. The molecule has 3 aromatic carbocycles. The summed E-state index contributed by atoms with van der Waals surface area (Å²) in [5.74, 6) is 1.05. The monoisotopic (exact) mass is 544 g/mol. The van der Waals surface area contributed by atoms with E-state index >= 15 is 0 Å². The zero-order chi connectivity index (χ0) is 27.6. The number of hydrogen-bond acceptors (Lipinski definition) is 5. The quantitative estimate of drug-likeness (QED) is 0.238. The van der Waals surface area contributed by atoms with Crippen LogP contribution in [0.25, 0.3) is 16.7 Å². The fourth-order valence-corrected chi connectivity index (χ4v) is 6.33. The molecule has 0 N–H and O–H groups in total. The smallest absolute Gasteiger partial charge is 0.157 e. The molecule has 0 saturated carbocycles. The fraction of sp³-hybridized carbons (Fsp3) is 0.242. The van der Waals surface area contributed by atoms with Gasteiger partial charge in [-0.2, -0.15) is 10.5 Å². The number of imidazole rings is 1. The number of para-hydroxylation sites is 2. The van der Waals surface area contributed by atoms with Crippen LogP contribution in [0.1, 0.15) is 40.3 Å². The molecule has 5 aromatic rings. The number of hydrogen-bond donors (Lipinski definition) is 0. The number of benzene rings is 3. The van der Waals surface area contributed by atoms with Crippen LogP contribution in [0.15, 0.2) is 78.9 Å². The van der Waals surface area contributed by atoms with Crippen molar-refractivity contribution in [2.24, 2.45) is 0 Å². The standard InChI is InChI=1S/C33H29ClN6/c1-23-25(13-9-17-35)33(40-30-16-8-7-15-29(30)37-32(40)27(23)22-36)39-20-18-38(19-21-39)31(24-10-3-2-4-11-24)26-12-5-6-14-28(26)34/h2-8,10-12,14-16,31H,9,13,18-21H2,1H3/t31-/m0/s1. The SMILES string of the molecule is Cc1c(CCC#N)c(N2CCN([C@@H](c3ccccc3)c3ccccc3Cl)CC2)n2c(nc3ccccc32)c1C#N. The van der Waals surface area contributed by atoms with Gasteiger partial charge in [-0.15, -0.1) is 0 Å². The van der Waals surface area contributed by atoms with Gasteiger partial charge in [-0.1, -0.05) is 72.3 Å². The summed E-state index contributed by atoms with van der Waals surface area (Å²) in [6, 6.07) is 31.4. The fourth-order valence-electron chi connectivity index (χ4n) is 6.09. The van der Waals surface area contributed by atoms with E-state index in [-0.39, 0.29) is 6.04 Å². The van der Waals surface area contributed by atoms with Crippen LogP contribution in [0.2, 0.25) is 5.02 Å². The summed E-state index contributed by atoms with van der Waals surface area (Å²) >= 11 is 6.74. The van der Waals surface area contributed by atoms with Crippen molar-refractivity contribution in [2.45, 2.75) is 25.8 Å². The van der Waals surface area contributed by atoms with Crippen molar-refractivity contribution in [1.29, 1.82) is 10.5 Å². The van der Waals surface area contributed by atoms with E-state index in [1.165, 1.54) is 5.56 Å². The van der Waals surface area contributed by atoms with E-state index in [4.69, 9.17) is 16.6 Å². The minimum atomic E-state index is 0.0481. The maximum atomic E-state index is 10.1. The van der Waals surface area contributed by atoms with Crippen LogP contribution in [0.5, 0.6) is 0 Å². The number of nitrogens with zero attached hydrogens (tertiary/aromatic N) is 6.